The zero-order valence-corrected chi connectivity index (χ0v) is 12.0. The number of hydrogen-bond acceptors (Lipinski definition) is 3. The Balaban J connectivity index is 1.56. The number of aliphatic carboxylic acids is 1. The summed E-state index contributed by atoms with van der Waals surface area (Å²) in [5, 5.41) is 14.1. The second-order valence-corrected chi connectivity index (χ2v) is 5.99. The molecule has 1 saturated carbocycles. The van der Waals surface area contributed by atoms with E-state index >= 15 is 0 Å². The van der Waals surface area contributed by atoms with E-state index in [1.54, 1.807) is 12.1 Å². The molecule has 0 radical (unpaired) electrons. The maximum Gasteiger partial charge on any atom is 0.224 e. The average Bonchev–Trinajstić information content (AvgIpc) is 3.09. The molecule has 5 heteroatoms. The maximum absolute atomic E-state index is 12.8. The maximum atomic E-state index is 12.8. The smallest absolute Gasteiger partial charge is 0.224 e. The lowest BCUT2D eigenvalue weighted by Crippen LogP contribution is -2.45. The lowest BCUT2D eigenvalue weighted by molar-refractivity contribution is -0.313. The third kappa shape index (κ3) is 2.75. The molecule has 1 N–H and O–H groups in total. The highest BCUT2D eigenvalue weighted by molar-refractivity contribution is 5.86. The Morgan fingerprint density at radius 3 is 2.41 bits per heavy atom. The standard InChI is InChI=1S/C17H18FNO3/c18-13-5-1-10(2-6-13)7-8-19-16(20)14-11-3-4-12(9-11)15(14)17(21)22/h1-6,11-12,14-15H,7-9H2,(H,19,20)(H,21,22)/p-1/t11-,12-,14-,15-/m0/s1. The predicted octanol–water partition coefficient (Wildman–Crippen LogP) is 0.673. The van der Waals surface area contributed by atoms with Gasteiger partial charge >= 0.3 is 0 Å². The van der Waals surface area contributed by atoms with Gasteiger partial charge in [0.25, 0.3) is 0 Å². The molecule has 1 aromatic carbocycles. The van der Waals surface area contributed by atoms with E-state index in [4.69, 9.17) is 0 Å². The van der Waals surface area contributed by atoms with Crippen LogP contribution in [-0.4, -0.2) is 18.4 Å². The van der Waals surface area contributed by atoms with Crippen LogP contribution >= 0.6 is 0 Å². The lowest BCUT2D eigenvalue weighted by Gasteiger charge is -2.27. The molecule has 2 aliphatic carbocycles. The van der Waals surface area contributed by atoms with Crippen molar-refractivity contribution in [2.45, 2.75) is 12.8 Å². The summed E-state index contributed by atoms with van der Waals surface area (Å²) in [7, 11) is 0. The molecule has 0 heterocycles. The third-order valence-electron chi connectivity index (χ3n) is 4.66. The van der Waals surface area contributed by atoms with E-state index in [0.29, 0.717) is 19.4 Å². The fraction of sp³-hybridized carbons (Fsp3) is 0.412. The molecule has 4 nitrogen and oxygen atoms in total. The van der Waals surface area contributed by atoms with Crippen LogP contribution in [0.1, 0.15) is 12.0 Å². The van der Waals surface area contributed by atoms with E-state index < -0.39 is 17.8 Å². The van der Waals surface area contributed by atoms with Gasteiger partial charge in [-0.2, -0.15) is 0 Å². The summed E-state index contributed by atoms with van der Waals surface area (Å²) in [6.07, 6.45) is 5.12. The number of amides is 1. The molecule has 0 spiro atoms. The SMILES string of the molecule is O=C([O-])[C@@H]1[C@@H](C(=O)NCCc2ccc(F)cc2)[C@H]2C=C[C@H]1C2. The number of carbonyl (C=O) groups is 2. The normalized spacial score (nSPS) is 28.8. The minimum Gasteiger partial charge on any atom is -0.550 e. The summed E-state index contributed by atoms with van der Waals surface area (Å²) < 4.78 is 12.8. The van der Waals surface area contributed by atoms with Gasteiger partial charge in [0.05, 0.1) is 5.92 Å². The molecule has 0 unspecified atom stereocenters. The number of carboxylic acids is 1. The highest BCUT2D eigenvalue weighted by Gasteiger charge is 2.48. The van der Waals surface area contributed by atoms with E-state index in [1.165, 1.54) is 12.1 Å². The summed E-state index contributed by atoms with van der Waals surface area (Å²) in [4.78, 5) is 23.6. The van der Waals surface area contributed by atoms with Gasteiger partial charge in [-0.25, -0.2) is 4.39 Å². The number of benzene rings is 1. The number of nitrogens with one attached hydrogen (secondary N) is 1. The molecule has 2 bridgehead atoms. The van der Waals surface area contributed by atoms with Crippen molar-refractivity contribution in [2.24, 2.45) is 23.7 Å². The Bertz CT molecular complexity index is 611. The second kappa shape index (κ2) is 5.91. The van der Waals surface area contributed by atoms with Crippen LogP contribution in [0.2, 0.25) is 0 Å². The van der Waals surface area contributed by atoms with Gasteiger partial charge in [-0.1, -0.05) is 24.3 Å². The predicted molar refractivity (Wildman–Crippen MR) is 75.8 cm³/mol. The molecule has 4 atom stereocenters. The fourth-order valence-electron chi connectivity index (χ4n) is 3.60. The molecule has 22 heavy (non-hydrogen) atoms. The van der Waals surface area contributed by atoms with Gasteiger partial charge in [0.2, 0.25) is 5.91 Å². The minimum atomic E-state index is -1.14. The van der Waals surface area contributed by atoms with Crippen LogP contribution in [0.25, 0.3) is 0 Å². The monoisotopic (exact) mass is 302 g/mol. The number of fused-ring (bicyclic) bond motifs is 2. The number of halogens is 1. The van der Waals surface area contributed by atoms with Crippen molar-refractivity contribution in [1.82, 2.24) is 5.32 Å². The van der Waals surface area contributed by atoms with Crippen LogP contribution in [0.5, 0.6) is 0 Å². The molecule has 3 rings (SSSR count). The second-order valence-electron chi connectivity index (χ2n) is 5.99. The van der Waals surface area contributed by atoms with E-state index in [0.717, 1.165) is 5.56 Å². The van der Waals surface area contributed by atoms with Crippen molar-refractivity contribution in [2.75, 3.05) is 6.54 Å². The van der Waals surface area contributed by atoms with E-state index in [-0.39, 0.29) is 23.6 Å². The lowest BCUT2D eigenvalue weighted by atomic mass is 9.82. The van der Waals surface area contributed by atoms with Gasteiger partial charge in [0.1, 0.15) is 5.82 Å². The number of allylic oxidation sites excluding steroid dienone is 2. The summed E-state index contributed by atoms with van der Waals surface area (Å²) in [6, 6.07) is 6.10. The number of hydrogen-bond donors (Lipinski definition) is 1. The first-order chi connectivity index (χ1) is 10.6. The molecular formula is C17H17FNO3-. The van der Waals surface area contributed by atoms with Gasteiger partial charge in [0, 0.05) is 18.4 Å². The van der Waals surface area contributed by atoms with Crippen LogP contribution in [-0.2, 0) is 16.0 Å². The molecule has 0 aliphatic heterocycles. The highest BCUT2D eigenvalue weighted by Crippen LogP contribution is 2.47. The van der Waals surface area contributed by atoms with Gasteiger partial charge in [0.15, 0.2) is 0 Å². The zero-order valence-electron chi connectivity index (χ0n) is 12.0. The Labute approximate surface area is 128 Å². The summed E-state index contributed by atoms with van der Waals surface area (Å²) in [6.45, 7) is 0.405. The molecular weight excluding hydrogens is 285 g/mol. The Morgan fingerprint density at radius 1 is 1.14 bits per heavy atom. The summed E-state index contributed by atoms with van der Waals surface area (Å²) in [5.41, 5.74) is 0.922. The number of rotatable bonds is 5. The van der Waals surface area contributed by atoms with Crippen LogP contribution in [0.3, 0.4) is 0 Å². The Kier molecular flexibility index (Phi) is 3.96. The largest absolute Gasteiger partial charge is 0.550 e. The van der Waals surface area contributed by atoms with Gasteiger partial charge in [-0.15, -0.1) is 0 Å². The van der Waals surface area contributed by atoms with Crippen molar-refractivity contribution in [1.29, 1.82) is 0 Å². The molecule has 116 valence electrons. The van der Waals surface area contributed by atoms with Crippen molar-refractivity contribution in [3.63, 3.8) is 0 Å². The first-order valence-corrected chi connectivity index (χ1v) is 7.47. The molecule has 0 saturated heterocycles. The minimum absolute atomic E-state index is 0.00118. The van der Waals surface area contributed by atoms with E-state index in [2.05, 4.69) is 5.32 Å². The van der Waals surface area contributed by atoms with Crippen LogP contribution in [0, 0.1) is 29.5 Å². The van der Waals surface area contributed by atoms with Crippen molar-refractivity contribution in [3.05, 3.63) is 47.8 Å². The zero-order chi connectivity index (χ0) is 15.7. The Morgan fingerprint density at radius 2 is 1.77 bits per heavy atom. The quantitative estimate of drug-likeness (QED) is 0.813. The first kappa shape index (κ1) is 14.8. The molecule has 1 aromatic rings. The van der Waals surface area contributed by atoms with Crippen molar-refractivity contribution >= 4 is 11.9 Å². The van der Waals surface area contributed by atoms with E-state index in [1.807, 2.05) is 12.2 Å². The average molecular weight is 302 g/mol. The van der Waals surface area contributed by atoms with Crippen LogP contribution in [0.4, 0.5) is 4.39 Å². The number of carboxylic acid groups (broad SMARTS) is 1. The first-order valence-electron chi connectivity index (χ1n) is 7.47. The molecule has 0 aromatic heterocycles. The molecule has 1 amide bonds. The van der Waals surface area contributed by atoms with Gasteiger partial charge in [-0.3, -0.25) is 4.79 Å². The van der Waals surface area contributed by atoms with E-state index in [9.17, 15) is 19.1 Å². The molecule has 1 fully saturated rings. The fourth-order valence-corrected chi connectivity index (χ4v) is 3.60. The summed E-state index contributed by atoms with van der Waals surface area (Å²) >= 11 is 0. The molecule has 2 aliphatic rings. The van der Waals surface area contributed by atoms with Crippen LogP contribution in [0.15, 0.2) is 36.4 Å². The summed E-state index contributed by atoms with van der Waals surface area (Å²) in [5.74, 6) is -3.00. The van der Waals surface area contributed by atoms with Crippen molar-refractivity contribution < 1.29 is 19.1 Å². The van der Waals surface area contributed by atoms with Gasteiger partial charge in [-0.05, 0) is 42.4 Å². The third-order valence-corrected chi connectivity index (χ3v) is 4.66. The van der Waals surface area contributed by atoms with Crippen molar-refractivity contribution in [3.8, 4) is 0 Å². The Hall–Kier alpha value is -2.17. The number of carbonyl (C=O) groups excluding carboxylic acids is 2. The highest BCUT2D eigenvalue weighted by atomic mass is 19.1. The topological polar surface area (TPSA) is 69.2 Å². The van der Waals surface area contributed by atoms with Crippen LogP contribution < -0.4 is 10.4 Å². The van der Waals surface area contributed by atoms with Gasteiger partial charge < -0.3 is 15.2 Å².